The lowest BCUT2D eigenvalue weighted by Crippen LogP contribution is -2.59. The first kappa shape index (κ1) is 15.5. The molecule has 2 heterocycles. The highest BCUT2D eigenvalue weighted by atomic mass is 16.4. The zero-order valence-electron chi connectivity index (χ0n) is 13.0. The van der Waals surface area contributed by atoms with E-state index in [0.717, 1.165) is 44.1 Å². The minimum Gasteiger partial charge on any atom is -0.409 e. The highest BCUT2D eigenvalue weighted by molar-refractivity contribution is 5.88. The van der Waals surface area contributed by atoms with E-state index >= 15 is 0 Å². The number of anilines is 1. The lowest BCUT2D eigenvalue weighted by molar-refractivity contribution is 0.161. The Morgan fingerprint density at radius 2 is 2.00 bits per heavy atom. The molecule has 0 amide bonds. The topological polar surface area (TPSA) is 90.9 Å². The molecule has 1 aliphatic rings. The van der Waals surface area contributed by atoms with Crippen molar-refractivity contribution in [3.05, 3.63) is 18.1 Å². The fraction of sp³-hybridized carbons (Fsp3) is 0.643. The molecule has 1 aromatic heterocycles. The highest BCUT2D eigenvalue weighted by Gasteiger charge is 2.34. The summed E-state index contributed by atoms with van der Waals surface area (Å²) in [7, 11) is 0. The van der Waals surface area contributed by atoms with Crippen LogP contribution in [0.1, 0.15) is 26.5 Å². The third-order valence-electron chi connectivity index (χ3n) is 4.20. The molecule has 21 heavy (non-hydrogen) atoms. The lowest BCUT2D eigenvalue weighted by Gasteiger charge is -2.43. The van der Waals surface area contributed by atoms with Gasteiger partial charge in [-0.3, -0.25) is 4.90 Å². The number of nitrogens with zero attached hydrogens (tertiary/aromatic N) is 5. The van der Waals surface area contributed by atoms with E-state index in [9.17, 15) is 0 Å². The predicted octanol–water partition coefficient (Wildman–Crippen LogP) is 0.686. The van der Waals surface area contributed by atoms with Gasteiger partial charge in [-0.25, -0.2) is 9.97 Å². The summed E-state index contributed by atoms with van der Waals surface area (Å²) in [6.45, 7) is 9.44. The smallest absolute Gasteiger partial charge is 0.159 e. The molecule has 7 nitrogen and oxygen atoms in total. The third kappa shape index (κ3) is 3.24. The van der Waals surface area contributed by atoms with Gasteiger partial charge in [-0.2, -0.15) is 0 Å². The maximum absolute atomic E-state index is 8.90. The van der Waals surface area contributed by atoms with Gasteiger partial charge >= 0.3 is 0 Å². The second-order valence-corrected chi connectivity index (χ2v) is 5.74. The van der Waals surface area contributed by atoms with Gasteiger partial charge < -0.3 is 15.8 Å². The SMILES string of the molecule is CCc1cc(N2CCN(C(C)(C)C(N)=NO)CC2)ncn1. The van der Waals surface area contributed by atoms with Crippen LogP contribution in [0.4, 0.5) is 5.82 Å². The summed E-state index contributed by atoms with van der Waals surface area (Å²) in [5.41, 5.74) is 6.40. The number of amidine groups is 1. The molecular formula is C14H24N6O. The number of oxime groups is 1. The van der Waals surface area contributed by atoms with Crippen molar-refractivity contribution in [3.8, 4) is 0 Å². The number of hydrogen-bond acceptors (Lipinski definition) is 6. The van der Waals surface area contributed by atoms with E-state index < -0.39 is 5.54 Å². The number of rotatable bonds is 4. The molecule has 2 rings (SSSR count). The summed E-state index contributed by atoms with van der Waals surface area (Å²) in [4.78, 5) is 13.1. The van der Waals surface area contributed by atoms with Crippen LogP contribution in [0.2, 0.25) is 0 Å². The average Bonchev–Trinajstić information content (AvgIpc) is 2.54. The number of aryl methyl sites for hydroxylation is 1. The molecule has 3 N–H and O–H groups in total. The number of piperazine rings is 1. The Labute approximate surface area is 125 Å². The van der Waals surface area contributed by atoms with E-state index in [2.05, 4.69) is 31.8 Å². The number of aromatic nitrogens is 2. The van der Waals surface area contributed by atoms with Crippen molar-refractivity contribution in [2.75, 3.05) is 31.1 Å². The van der Waals surface area contributed by atoms with Gasteiger partial charge in [0.05, 0.1) is 5.54 Å². The Hall–Kier alpha value is -1.89. The Balaban J connectivity index is 2.03. The minimum absolute atomic E-state index is 0.242. The van der Waals surface area contributed by atoms with Crippen LogP contribution in [0.3, 0.4) is 0 Å². The van der Waals surface area contributed by atoms with Crippen LogP contribution in [0.5, 0.6) is 0 Å². The molecular weight excluding hydrogens is 268 g/mol. The second-order valence-electron chi connectivity index (χ2n) is 5.74. The van der Waals surface area contributed by atoms with Gasteiger partial charge in [-0.15, -0.1) is 0 Å². The van der Waals surface area contributed by atoms with E-state index in [0.29, 0.717) is 0 Å². The molecule has 0 bridgehead atoms. The molecule has 0 spiro atoms. The summed E-state index contributed by atoms with van der Waals surface area (Å²) in [6.07, 6.45) is 2.53. The van der Waals surface area contributed by atoms with Crippen molar-refractivity contribution in [2.24, 2.45) is 10.9 Å². The van der Waals surface area contributed by atoms with E-state index in [1.165, 1.54) is 0 Å². The van der Waals surface area contributed by atoms with Crippen LogP contribution in [0.25, 0.3) is 0 Å². The molecule has 0 aromatic carbocycles. The van der Waals surface area contributed by atoms with E-state index in [1.54, 1.807) is 6.33 Å². The molecule has 1 aliphatic heterocycles. The molecule has 0 atom stereocenters. The normalized spacial score (nSPS) is 18.0. The summed E-state index contributed by atoms with van der Waals surface area (Å²) < 4.78 is 0. The van der Waals surface area contributed by atoms with Gasteiger partial charge in [0, 0.05) is 37.9 Å². The first-order valence-corrected chi connectivity index (χ1v) is 7.28. The van der Waals surface area contributed by atoms with E-state index in [-0.39, 0.29) is 5.84 Å². The molecule has 0 aliphatic carbocycles. The summed E-state index contributed by atoms with van der Waals surface area (Å²) in [5, 5.41) is 12.1. The van der Waals surface area contributed by atoms with Crippen LogP contribution in [-0.4, -0.2) is 57.6 Å². The highest BCUT2D eigenvalue weighted by Crippen LogP contribution is 2.20. The molecule has 7 heteroatoms. The Morgan fingerprint density at radius 3 is 2.57 bits per heavy atom. The van der Waals surface area contributed by atoms with Crippen LogP contribution in [-0.2, 0) is 6.42 Å². The van der Waals surface area contributed by atoms with Crippen molar-refractivity contribution >= 4 is 11.7 Å². The van der Waals surface area contributed by atoms with Gasteiger partial charge in [0.15, 0.2) is 5.84 Å². The quantitative estimate of drug-likeness (QED) is 0.367. The van der Waals surface area contributed by atoms with Crippen LogP contribution in [0.15, 0.2) is 17.5 Å². The Kier molecular flexibility index (Phi) is 4.62. The average molecular weight is 292 g/mol. The van der Waals surface area contributed by atoms with Crippen LogP contribution >= 0.6 is 0 Å². The Bertz CT molecular complexity index is 508. The lowest BCUT2D eigenvalue weighted by atomic mass is 10.0. The molecule has 0 saturated carbocycles. The zero-order chi connectivity index (χ0) is 15.5. The number of hydrogen-bond donors (Lipinski definition) is 2. The van der Waals surface area contributed by atoms with Gasteiger partial charge in [0.25, 0.3) is 0 Å². The summed E-state index contributed by atoms with van der Waals surface area (Å²) in [5.74, 6) is 1.22. The van der Waals surface area contributed by atoms with Crippen molar-refractivity contribution in [2.45, 2.75) is 32.7 Å². The molecule has 116 valence electrons. The third-order valence-corrected chi connectivity index (χ3v) is 4.20. The van der Waals surface area contributed by atoms with Crippen molar-refractivity contribution in [1.29, 1.82) is 0 Å². The first-order valence-electron chi connectivity index (χ1n) is 7.28. The second kappa shape index (κ2) is 6.26. The summed E-state index contributed by atoms with van der Waals surface area (Å²) in [6, 6.07) is 2.05. The maximum Gasteiger partial charge on any atom is 0.159 e. The van der Waals surface area contributed by atoms with Crippen molar-refractivity contribution in [3.63, 3.8) is 0 Å². The molecule has 0 radical (unpaired) electrons. The molecule has 1 fully saturated rings. The maximum atomic E-state index is 8.90. The fourth-order valence-corrected chi connectivity index (χ4v) is 2.53. The zero-order valence-corrected chi connectivity index (χ0v) is 13.0. The molecule has 1 aromatic rings. The Morgan fingerprint density at radius 1 is 1.33 bits per heavy atom. The van der Waals surface area contributed by atoms with E-state index in [1.807, 2.05) is 19.9 Å². The predicted molar refractivity (Wildman–Crippen MR) is 82.7 cm³/mol. The van der Waals surface area contributed by atoms with Crippen molar-refractivity contribution in [1.82, 2.24) is 14.9 Å². The number of nitrogens with two attached hydrogens (primary N) is 1. The van der Waals surface area contributed by atoms with Gasteiger partial charge in [0.2, 0.25) is 0 Å². The van der Waals surface area contributed by atoms with Crippen LogP contribution in [0, 0.1) is 0 Å². The monoisotopic (exact) mass is 292 g/mol. The van der Waals surface area contributed by atoms with Crippen LogP contribution < -0.4 is 10.6 Å². The standard InChI is InChI=1S/C14H24N6O/c1-4-11-9-12(17-10-16-11)19-5-7-20(8-6-19)14(2,3)13(15)18-21/h9-10,21H,4-8H2,1-3H3,(H2,15,18). The molecule has 0 unspecified atom stereocenters. The van der Waals surface area contributed by atoms with E-state index in [4.69, 9.17) is 10.9 Å². The van der Waals surface area contributed by atoms with Gasteiger partial charge in [0.1, 0.15) is 12.1 Å². The fourth-order valence-electron chi connectivity index (χ4n) is 2.53. The van der Waals surface area contributed by atoms with Gasteiger partial charge in [-0.05, 0) is 20.3 Å². The summed E-state index contributed by atoms with van der Waals surface area (Å²) >= 11 is 0. The van der Waals surface area contributed by atoms with Crippen molar-refractivity contribution < 1.29 is 5.21 Å². The minimum atomic E-state index is -0.443. The first-order chi connectivity index (χ1) is 9.98. The molecule has 1 saturated heterocycles. The largest absolute Gasteiger partial charge is 0.409 e. The van der Waals surface area contributed by atoms with Gasteiger partial charge in [-0.1, -0.05) is 12.1 Å².